The molecular formula is C17H17N3O. The number of aromatic nitrogens is 2. The van der Waals surface area contributed by atoms with E-state index in [1.54, 1.807) is 12.4 Å². The van der Waals surface area contributed by atoms with Crippen molar-refractivity contribution in [2.45, 2.75) is 19.6 Å². The van der Waals surface area contributed by atoms with Gasteiger partial charge < -0.3 is 10.4 Å². The quantitative estimate of drug-likeness (QED) is 0.769. The fourth-order valence-corrected chi connectivity index (χ4v) is 2.35. The summed E-state index contributed by atoms with van der Waals surface area (Å²) in [5.74, 6) is 0.723. The van der Waals surface area contributed by atoms with E-state index in [4.69, 9.17) is 0 Å². The normalized spacial score (nSPS) is 12.3. The molecule has 4 heteroatoms. The number of hydrogen-bond donors (Lipinski definition) is 2. The third-order valence-corrected chi connectivity index (χ3v) is 3.53. The average molecular weight is 279 g/mol. The zero-order valence-electron chi connectivity index (χ0n) is 11.8. The van der Waals surface area contributed by atoms with E-state index in [2.05, 4.69) is 22.2 Å². The van der Waals surface area contributed by atoms with E-state index < -0.39 is 0 Å². The van der Waals surface area contributed by atoms with Crippen molar-refractivity contribution < 1.29 is 5.11 Å². The van der Waals surface area contributed by atoms with Gasteiger partial charge in [0.1, 0.15) is 5.82 Å². The molecule has 0 spiro atoms. The van der Waals surface area contributed by atoms with Crippen LogP contribution in [-0.2, 0) is 6.61 Å². The van der Waals surface area contributed by atoms with Crippen LogP contribution in [0.2, 0.25) is 0 Å². The van der Waals surface area contributed by atoms with Crippen molar-refractivity contribution >= 4 is 16.7 Å². The van der Waals surface area contributed by atoms with E-state index in [0.717, 1.165) is 27.8 Å². The molecule has 0 radical (unpaired) electrons. The summed E-state index contributed by atoms with van der Waals surface area (Å²) in [5, 5.41) is 14.0. The molecule has 2 N–H and O–H groups in total. The second-order valence-corrected chi connectivity index (χ2v) is 4.99. The predicted octanol–water partition coefficient (Wildman–Crippen LogP) is 3.30. The molecule has 0 unspecified atom stereocenters. The molecule has 0 fully saturated rings. The smallest absolute Gasteiger partial charge is 0.132 e. The predicted molar refractivity (Wildman–Crippen MR) is 83.9 cm³/mol. The lowest BCUT2D eigenvalue weighted by atomic mass is 10.1. The maximum absolute atomic E-state index is 9.57. The van der Waals surface area contributed by atoms with Gasteiger partial charge in [0.05, 0.1) is 18.2 Å². The molecule has 21 heavy (non-hydrogen) atoms. The van der Waals surface area contributed by atoms with Gasteiger partial charge in [-0.2, -0.15) is 0 Å². The van der Waals surface area contributed by atoms with Crippen molar-refractivity contribution in [3.8, 4) is 0 Å². The molecule has 106 valence electrons. The van der Waals surface area contributed by atoms with Gasteiger partial charge in [-0.25, -0.2) is 4.98 Å². The van der Waals surface area contributed by atoms with Crippen LogP contribution in [0.25, 0.3) is 10.9 Å². The van der Waals surface area contributed by atoms with Crippen LogP contribution in [0.1, 0.15) is 24.1 Å². The molecule has 4 nitrogen and oxygen atoms in total. The largest absolute Gasteiger partial charge is 0.392 e. The van der Waals surface area contributed by atoms with Crippen LogP contribution in [0.15, 0.2) is 54.9 Å². The number of rotatable bonds is 4. The van der Waals surface area contributed by atoms with Gasteiger partial charge in [0.15, 0.2) is 0 Å². The lowest BCUT2D eigenvalue weighted by Gasteiger charge is -2.17. The molecule has 0 aliphatic heterocycles. The number of nitrogens with zero attached hydrogens (tertiary/aromatic N) is 2. The minimum Gasteiger partial charge on any atom is -0.392 e. The molecule has 1 aromatic carbocycles. The summed E-state index contributed by atoms with van der Waals surface area (Å²) in [6.45, 7) is 2.02. The SMILES string of the molecule is C[C@@H](Nc1nc2ccccc2cc1CO)c1ccncc1. The van der Waals surface area contributed by atoms with Gasteiger partial charge in [0, 0.05) is 23.3 Å². The Bertz CT molecular complexity index is 743. The van der Waals surface area contributed by atoms with Crippen LogP contribution in [0.3, 0.4) is 0 Å². The summed E-state index contributed by atoms with van der Waals surface area (Å²) in [5.41, 5.74) is 2.84. The van der Waals surface area contributed by atoms with E-state index in [9.17, 15) is 5.11 Å². The highest BCUT2D eigenvalue weighted by atomic mass is 16.3. The first kappa shape index (κ1) is 13.5. The van der Waals surface area contributed by atoms with Crippen LogP contribution in [0.4, 0.5) is 5.82 Å². The van der Waals surface area contributed by atoms with E-state index in [-0.39, 0.29) is 12.6 Å². The number of aliphatic hydroxyl groups excluding tert-OH is 1. The van der Waals surface area contributed by atoms with Gasteiger partial charge in [-0.3, -0.25) is 4.98 Å². The molecule has 0 amide bonds. The number of nitrogens with one attached hydrogen (secondary N) is 1. The number of hydrogen-bond acceptors (Lipinski definition) is 4. The highest BCUT2D eigenvalue weighted by molar-refractivity contribution is 5.81. The standard InChI is InChI=1S/C17H17N3O/c1-12(13-6-8-18-9-7-13)19-17-15(11-21)10-14-4-2-3-5-16(14)20-17/h2-10,12,21H,11H2,1H3,(H,19,20)/t12-/m1/s1. The molecule has 0 aliphatic carbocycles. The molecular weight excluding hydrogens is 262 g/mol. The number of anilines is 1. The Hall–Kier alpha value is -2.46. The highest BCUT2D eigenvalue weighted by Crippen LogP contribution is 2.24. The zero-order valence-corrected chi connectivity index (χ0v) is 11.8. The molecule has 1 atom stereocenters. The van der Waals surface area contributed by atoms with Crippen molar-refractivity contribution in [2.75, 3.05) is 5.32 Å². The molecule has 0 aliphatic rings. The minimum absolute atomic E-state index is 0.0385. The lowest BCUT2D eigenvalue weighted by molar-refractivity contribution is 0.282. The second-order valence-electron chi connectivity index (χ2n) is 4.99. The number of aliphatic hydroxyl groups is 1. The van der Waals surface area contributed by atoms with Crippen LogP contribution in [0, 0.1) is 0 Å². The summed E-state index contributed by atoms with van der Waals surface area (Å²) >= 11 is 0. The molecule has 2 heterocycles. The van der Waals surface area contributed by atoms with Crippen LogP contribution in [0.5, 0.6) is 0 Å². The summed E-state index contributed by atoms with van der Waals surface area (Å²) in [4.78, 5) is 8.65. The van der Waals surface area contributed by atoms with Crippen molar-refractivity contribution in [3.63, 3.8) is 0 Å². The molecule has 3 rings (SSSR count). The molecule has 0 saturated heterocycles. The Morgan fingerprint density at radius 2 is 1.90 bits per heavy atom. The summed E-state index contributed by atoms with van der Waals surface area (Å²) in [7, 11) is 0. The van der Waals surface area contributed by atoms with E-state index >= 15 is 0 Å². The molecule has 2 aromatic heterocycles. The first-order chi connectivity index (χ1) is 10.3. The Balaban J connectivity index is 1.96. The first-order valence-electron chi connectivity index (χ1n) is 6.94. The molecule has 0 bridgehead atoms. The third-order valence-electron chi connectivity index (χ3n) is 3.53. The summed E-state index contributed by atoms with van der Waals surface area (Å²) in [6.07, 6.45) is 3.54. The van der Waals surface area contributed by atoms with Gasteiger partial charge >= 0.3 is 0 Å². The molecule has 3 aromatic rings. The van der Waals surface area contributed by atoms with E-state index in [1.807, 2.05) is 42.5 Å². The summed E-state index contributed by atoms with van der Waals surface area (Å²) in [6, 6.07) is 13.9. The Morgan fingerprint density at radius 1 is 1.14 bits per heavy atom. The number of benzene rings is 1. The van der Waals surface area contributed by atoms with Crippen molar-refractivity contribution in [2.24, 2.45) is 0 Å². The van der Waals surface area contributed by atoms with Crippen molar-refractivity contribution in [1.29, 1.82) is 0 Å². The zero-order chi connectivity index (χ0) is 14.7. The summed E-state index contributed by atoms with van der Waals surface area (Å²) < 4.78 is 0. The van der Waals surface area contributed by atoms with Gasteiger partial charge in [-0.1, -0.05) is 18.2 Å². The second kappa shape index (κ2) is 5.89. The third kappa shape index (κ3) is 2.85. The maximum atomic E-state index is 9.57. The fraction of sp³-hybridized carbons (Fsp3) is 0.176. The van der Waals surface area contributed by atoms with Crippen molar-refractivity contribution in [3.05, 3.63) is 66.0 Å². The van der Waals surface area contributed by atoms with Gasteiger partial charge in [0.25, 0.3) is 0 Å². The monoisotopic (exact) mass is 279 g/mol. The van der Waals surface area contributed by atoms with Gasteiger partial charge in [-0.05, 0) is 36.8 Å². The van der Waals surface area contributed by atoms with Crippen LogP contribution < -0.4 is 5.32 Å². The lowest BCUT2D eigenvalue weighted by Crippen LogP contribution is -2.10. The highest BCUT2D eigenvalue weighted by Gasteiger charge is 2.10. The van der Waals surface area contributed by atoms with Gasteiger partial charge in [0.2, 0.25) is 0 Å². The number of fused-ring (bicyclic) bond motifs is 1. The van der Waals surface area contributed by atoms with Crippen LogP contribution in [-0.4, -0.2) is 15.1 Å². The fourth-order valence-electron chi connectivity index (χ4n) is 2.35. The first-order valence-corrected chi connectivity index (χ1v) is 6.94. The minimum atomic E-state index is -0.0385. The number of pyridine rings is 2. The number of para-hydroxylation sites is 1. The van der Waals surface area contributed by atoms with Crippen molar-refractivity contribution in [1.82, 2.24) is 9.97 Å². The molecule has 0 saturated carbocycles. The van der Waals surface area contributed by atoms with Gasteiger partial charge in [-0.15, -0.1) is 0 Å². The maximum Gasteiger partial charge on any atom is 0.132 e. The average Bonchev–Trinajstić information content (AvgIpc) is 2.55. The van der Waals surface area contributed by atoms with Crippen LogP contribution >= 0.6 is 0 Å². The van der Waals surface area contributed by atoms with E-state index in [0.29, 0.717) is 0 Å². The van der Waals surface area contributed by atoms with E-state index in [1.165, 1.54) is 0 Å². The Kier molecular flexibility index (Phi) is 3.79. The Labute approximate surface area is 123 Å². The topological polar surface area (TPSA) is 58.0 Å². The Morgan fingerprint density at radius 3 is 2.67 bits per heavy atom.